The molecule has 0 bridgehead atoms. The van der Waals surface area contributed by atoms with Gasteiger partial charge in [0.25, 0.3) is 0 Å². The molecule has 1 aliphatic carbocycles. The lowest BCUT2D eigenvalue weighted by Crippen LogP contribution is -2.39. The lowest BCUT2D eigenvalue weighted by molar-refractivity contribution is 0.0698. The first-order valence-corrected chi connectivity index (χ1v) is 8.35. The number of methoxy groups -OCH3 is 1. The zero-order valence-electron chi connectivity index (χ0n) is 14.5. The monoisotopic (exact) mass is 319 g/mol. The predicted octanol–water partition coefficient (Wildman–Crippen LogP) is 2.07. The van der Waals surface area contributed by atoms with Gasteiger partial charge in [-0.2, -0.15) is 0 Å². The number of guanidine groups is 1. The molecule has 1 aromatic carbocycles. The van der Waals surface area contributed by atoms with Crippen LogP contribution in [0.2, 0.25) is 0 Å². The molecule has 1 fully saturated rings. The normalized spacial score (nSPS) is 20.4. The molecule has 1 aliphatic rings. The maximum absolute atomic E-state index is 5.45. The van der Waals surface area contributed by atoms with E-state index < -0.39 is 0 Å². The molecule has 5 heteroatoms. The smallest absolute Gasteiger partial charge is 0.191 e. The molecule has 23 heavy (non-hydrogen) atoms. The molecule has 0 saturated heterocycles. The highest BCUT2D eigenvalue weighted by atomic mass is 16.5. The van der Waals surface area contributed by atoms with Crippen LogP contribution in [0.1, 0.15) is 29.9 Å². The van der Waals surface area contributed by atoms with Crippen molar-refractivity contribution in [3.63, 3.8) is 0 Å². The van der Waals surface area contributed by atoms with Crippen LogP contribution in [0.4, 0.5) is 0 Å². The molecule has 2 atom stereocenters. The lowest BCUT2D eigenvalue weighted by atomic mass is 10.0. The fourth-order valence-corrected chi connectivity index (χ4v) is 2.70. The van der Waals surface area contributed by atoms with Gasteiger partial charge < -0.3 is 20.1 Å². The minimum absolute atomic E-state index is 0.486. The van der Waals surface area contributed by atoms with Crippen molar-refractivity contribution in [3.05, 3.63) is 35.4 Å². The quantitative estimate of drug-likeness (QED) is 0.416. The number of ether oxygens (including phenoxy) is 2. The van der Waals surface area contributed by atoms with Gasteiger partial charge in [0.15, 0.2) is 5.96 Å². The van der Waals surface area contributed by atoms with Gasteiger partial charge in [-0.05, 0) is 30.9 Å². The van der Waals surface area contributed by atoms with Gasteiger partial charge in [0.2, 0.25) is 0 Å². The highest BCUT2D eigenvalue weighted by Crippen LogP contribution is 2.41. The van der Waals surface area contributed by atoms with Crippen LogP contribution in [0.25, 0.3) is 0 Å². The largest absolute Gasteiger partial charge is 0.382 e. The Balaban J connectivity index is 1.64. The molecule has 0 heterocycles. The summed E-state index contributed by atoms with van der Waals surface area (Å²) in [6.45, 7) is 5.08. The van der Waals surface area contributed by atoms with Crippen LogP contribution < -0.4 is 10.6 Å². The van der Waals surface area contributed by atoms with Gasteiger partial charge in [0.1, 0.15) is 0 Å². The Labute approximate surface area is 139 Å². The Morgan fingerprint density at radius 2 is 2.09 bits per heavy atom. The highest BCUT2D eigenvalue weighted by Gasteiger charge is 2.39. The van der Waals surface area contributed by atoms with E-state index in [0.29, 0.717) is 25.2 Å². The van der Waals surface area contributed by atoms with Crippen molar-refractivity contribution in [2.75, 3.05) is 40.5 Å². The standard InChI is InChI=1S/C18H29N3O2/c1-14-7-4-5-8-15(14)16-13-17(16)21-18(19-2)20-9-6-10-23-12-11-22-3/h4-5,7-8,16-17H,6,9-13H2,1-3H3,(H2,19,20,21). The van der Waals surface area contributed by atoms with Crippen LogP contribution in [0.15, 0.2) is 29.3 Å². The fraction of sp³-hybridized carbons (Fsp3) is 0.611. The van der Waals surface area contributed by atoms with Gasteiger partial charge in [0.05, 0.1) is 13.2 Å². The summed E-state index contributed by atoms with van der Waals surface area (Å²) in [7, 11) is 3.50. The number of nitrogens with zero attached hydrogens (tertiary/aromatic N) is 1. The zero-order chi connectivity index (χ0) is 16.5. The summed E-state index contributed by atoms with van der Waals surface area (Å²) < 4.78 is 10.4. The average Bonchev–Trinajstić information content (AvgIpc) is 3.32. The topological polar surface area (TPSA) is 54.9 Å². The average molecular weight is 319 g/mol. The molecule has 0 radical (unpaired) electrons. The molecule has 1 saturated carbocycles. The Hall–Kier alpha value is -1.59. The molecular formula is C18H29N3O2. The third kappa shape index (κ3) is 5.84. The van der Waals surface area contributed by atoms with Crippen molar-refractivity contribution in [1.29, 1.82) is 0 Å². The second-order valence-electron chi connectivity index (χ2n) is 5.91. The van der Waals surface area contributed by atoms with Crippen molar-refractivity contribution in [2.24, 2.45) is 4.99 Å². The van der Waals surface area contributed by atoms with E-state index in [0.717, 1.165) is 25.5 Å². The number of aliphatic imine (C=N–C) groups is 1. The van der Waals surface area contributed by atoms with Gasteiger partial charge in [-0.15, -0.1) is 0 Å². The number of hydrogen-bond acceptors (Lipinski definition) is 3. The maximum Gasteiger partial charge on any atom is 0.191 e. The molecule has 0 aliphatic heterocycles. The maximum atomic E-state index is 5.45. The summed E-state index contributed by atoms with van der Waals surface area (Å²) in [5.41, 5.74) is 2.82. The van der Waals surface area contributed by atoms with Crippen molar-refractivity contribution in [1.82, 2.24) is 10.6 Å². The minimum Gasteiger partial charge on any atom is -0.382 e. The zero-order valence-corrected chi connectivity index (χ0v) is 14.5. The van der Waals surface area contributed by atoms with E-state index in [1.165, 1.54) is 17.5 Å². The van der Waals surface area contributed by atoms with Crippen LogP contribution in [-0.2, 0) is 9.47 Å². The Morgan fingerprint density at radius 3 is 2.83 bits per heavy atom. The second-order valence-corrected chi connectivity index (χ2v) is 5.91. The first kappa shape index (κ1) is 17.8. The molecule has 5 nitrogen and oxygen atoms in total. The molecule has 2 N–H and O–H groups in total. The Bertz CT molecular complexity index is 505. The molecule has 0 amide bonds. The van der Waals surface area contributed by atoms with Gasteiger partial charge in [-0.1, -0.05) is 24.3 Å². The van der Waals surface area contributed by atoms with E-state index in [4.69, 9.17) is 9.47 Å². The molecular weight excluding hydrogens is 290 g/mol. The number of hydrogen-bond donors (Lipinski definition) is 2. The third-order valence-corrected chi connectivity index (χ3v) is 4.11. The van der Waals surface area contributed by atoms with Crippen LogP contribution in [-0.4, -0.2) is 52.5 Å². The van der Waals surface area contributed by atoms with Crippen LogP contribution in [0, 0.1) is 6.92 Å². The third-order valence-electron chi connectivity index (χ3n) is 4.11. The van der Waals surface area contributed by atoms with Crippen molar-refractivity contribution in [3.8, 4) is 0 Å². The Kier molecular flexibility index (Phi) is 7.36. The van der Waals surface area contributed by atoms with E-state index in [9.17, 15) is 0 Å². The van der Waals surface area contributed by atoms with Gasteiger partial charge in [-0.25, -0.2) is 0 Å². The SMILES string of the molecule is CN=C(NCCCOCCOC)NC1CC1c1ccccc1C. The van der Waals surface area contributed by atoms with E-state index in [1.54, 1.807) is 7.11 Å². The first-order valence-electron chi connectivity index (χ1n) is 8.35. The summed E-state index contributed by atoms with van der Waals surface area (Å²) in [4.78, 5) is 4.30. The van der Waals surface area contributed by atoms with E-state index in [2.05, 4.69) is 46.8 Å². The fourth-order valence-electron chi connectivity index (χ4n) is 2.70. The lowest BCUT2D eigenvalue weighted by Gasteiger charge is -2.12. The highest BCUT2D eigenvalue weighted by molar-refractivity contribution is 5.80. The van der Waals surface area contributed by atoms with Gasteiger partial charge in [0, 0.05) is 39.3 Å². The first-order chi connectivity index (χ1) is 11.3. The minimum atomic E-state index is 0.486. The van der Waals surface area contributed by atoms with E-state index >= 15 is 0 Å². The van der Waals surface area contributed by atoms with Crippen molar-refractivity contribution in [2.45, 2.75) is 31.7 Å². The van der Waals surface area contributed by atoms with Crippen LogP contribution in [0.3, 0.4) is 0 Å². The molecule has 2 rings (SSSR count). The summed E-state index contributed by atoms with van der Waals surface area (Å²) in [6, 6.07) is 9.12. The second kappa shape index (κ2) is 9.53. The van der Waals surface area contributed by atoms with Crippen LogP contribution in [0.5, 0.6) is 0 Å². The van der Waals surface area contributed by atoms with E-state index in [-0.39, 0.29) is 0 Å². The molecule has 1 aromatic rings. The van der Waals surface area contributed by atoms with Crippen LogP contribution >= 0.6 is 0 Å². The number of nitrogens with one attached hydrogen (secondary N) is 2. The summed E-state index contributed by atoms with van der Waals surface area (Å²) in [6.07, 6.45) is 2.13. The van der Waals surface area contributed by atoms with E-state index in [1.807, 2.05) is 7.05 Å². The predicted molar refractivity (Wildman–Crippen MR) is 94.1 cm³/mol. The Morgan fingerprint density at radius 1 is 1.26 bits per heavy atom. The molecule has 2 unspecified atom stereocenters. The van der Waals surface area contributed by atoms with Crippen molar-refractivity contribution >= 4 is 5.96 Å². The number of aryl methyl sites for hydroxylation is 1. The van der Waals surface area contributed by atoms with Gasteiger partial charge in [-0.3, -0.25) is 4.99 Å². The summed E-state index contributed by atoms with van der Waals surface area (Å²) in [5.74, 6) is 1.48. The van der Waals surface area contributed by atoms with Crippen molar-refractivity contribution < 1.29 is 9.47 Å². The number of benzene rings is 1. The van der Waals surface area contributed by atoms with Gasteiger partial charge >= 0.3 is 0 Å². The molecule has 0 spiro atoms. The molecule has 0 aromatic heterocycles. The summed E-state index contributed by atoms with van der Waals surface area (Å²) >= 11 is 0. The summed E-state index contributed by atoms with van der Waals surface area (Å²) in [5, 5.41) is 6.85. The molecule has 128 valence electrons. The number of rotatable bonds is 9.